The summed E-state index contributed by atoms with van der Waals surface area (Å²) in [5.41, 5.74) is 5.89. The van der Waals surface area contributed by atoms with E-state index in [1.165, 1.54) is 41.5 Å². The Morgan fingerprint density at radius 3 is 1.87 bits per heavy atom. The molecule has 1 heterocycles. The molecule has 3 aromatic rings. The molecule has 162 valence electrons. The van der Waals surface area contributed by atoms with Crippen LogP contribution in [0.25, 0.3) is 22.5 Å². The zero-order valence-electron chi connectivity index (χ0n) is 18.4. The highest BCUT2D eigenvalue weighted by Gasteiger charge is 2.04. The lowest BCUT2D eigenvalue weighted by atomic mass is 10.00. The van der Waals surface area contributed by atoms with E-state index in [4.69, 9.17) is 5.11 Å². The molecular formula is C27H32N2O2. The largest absolute Gasteiger partial charge is 0.481 e. The maximum absolute atomic E-state index is 10.6. The van der Waals surface area contributed by atoms with E-state index >= 15 is 0 Å². The molecule has 0 aliphatic heterocycles. The monoisotopic (exact) mass is 416 g/mol. The Morgan fingerprint density at radius 2 is 1.26 bits per heavy atom. The van der Waals surface area contributed by atoms with E-state index in [-0.39, 0.29) is 6.42 Å². The number of carboxylic acid groups (broad SMARTS) is 1. The number of aryl methyl sites for hydroxylation is 2. The standard InChI is InChI=1S/C27H32N2O2/c1-2-3-5-9-22-19-28-27(29-20-22)25-17-15-24(16-18-25)23-13-11-21(12-14-23)8-6-4-7-10-26(30)31/h11-20H,2-10H2,1H3,(H,30,31). The molecule has 1 N–H and O–H groups in total. The second-order valence-electron chi connectivity index (χ2n) is 8.10. The molecule has 1 aromatic heterocycles. The van der Waals surface area contributed by atoms with Gasteiger partial charge in [-0.15, -0.1) is 0 Å². The molecule has 0 spiro atoms. The maximum atomic E-state index is 10.6. The highest BCUT2D eigenvalue weighted by atomic mass is 16.4. The molecule has 0 aliphatic carbocycles. The third kappa shape index (κ3) is 7.32. The molecule has 0 amide bonds. The maximum Gasteiger partial charge on any atom is 0.303 e. The lowest BCUT2D eigenvalue weighted by Crippen LogP contribution is -1.94. The Bertz CT molecular complexity index is 932. The Labute approximate surface area is 185 Å². The van der Waals surface area contributed by atoms with Crippen LogP contribution in [0.2, 0.25) is 0 Å². The second-order valence-corrected chi connectivity index (χ2v) is 8.10. The molecule has 3 rings (SSSR count). The normalized spacial score (nSPS) is 10.9. The predicted octanol–water partition coefficient (Wildman–Crippen LogP) is 6.73. The van der Waals surface area contributed by atoms with Crippen LogP contribution >= 0.6 is 0 Å². The van der Waals surface area contributed by atoms with E-state index < -0.39 is 5.97 Å². The fourth-order valence-electron chi connectivity index (χ4n) is 3.67. The molecule has 0 saturated carbocycles. The van der Waals surface area contributed by atoms with Gasteiger partial charge in [0.05, 0.1) is 0 Å². The van der Waals surface area contributed by atoms with Crippen LogP contribution in [0, 0.1) is 0 Å². The van der Waals surface area contributed by atoms with Crippen LogP contribution in [0.5, 0.6) is 0 Å². The van der Waals surface area contributed by atoms with Gasteiger partial charge in [-0.25, -0.2) is 9.97 Å². The van der Waals surface area contributed by atoms with Crippen molar-refractivity contribution in [3.63, 3.8) is 0 Å². The minimum absolute atomic E-state index is 0.267. The summed E-state index contributed by atoms with van der Waals surface area (Å²) in [6, 6.07) is 17.0. The summed E-state index contributed by atoms with van der Waals surface area (Å²) in [6.07, 6.45) is 12.6. The Hall–Kier alpha value is -3.01. The summed E-state index contributed by atoms with van der Waals surface area (Å²) in [6.45, 7) is 2.21. The van der Waals surface area contributed by atoms with Gasteiger partial charge in [0.1, 0.15) is 0 Å². The van der Waals surface area contributed by atoms with Crippen molar-refractivity contribution >= 4 is 5.97 Å². The summed E-state index contributed by atoms with van der Waals surface area (Å²) in [5.74, 6) is 0.0606. The number of unbranched alkanes of at least 4 members (excludes halogenated alkanes) is 4. The highest BCUT2D eigenvalue weighted by Crippen LogP contribution is 2.24. The van der Waals surface area contributed by atoms with Crippen molar-refractivity contribution in [1.29, 1.82) is 0 Å². The minimum Gasteiger partial charge on any atom is -0.481 e. The van der Waals surface area contributed by atoms with E-state index in [0.717, 1.165) is 43.5 Å². The van der Waals surface area contributed by atoms with Gasteiger partial charge in [0, 0.05) is 24.4 Å². The van der Waals surface area contributed by atoms with Gasteiger partial charge in [0.2, 0.25) is 0 Å². The van der Waals surface area contributed by atoms with Crippen LogP contribution in [0.4, 0.5) is 0 Å². The molecule has 0 saturated heterocycles. The van der Waals surface area contributed by atoms with Crippen LogP contribution < -0.4 is 0 Å². The third-order valence-corrected chi connectivity index (χ3v) is 5.56. The first-order valence-electron chi connectivity index (χ1n) is 11.4. The molecule has 0 bridgehead atoms. The van der Waals surface area contributed by atoms with E-state index in [1.54, 1.807) is 0 Å². The third-order valence-electron chi connectivity index (χ3n) is 5.56. The van der Waals surface area contributed by atoms with Gasteiger partial charge in [0.15, 0.2) is 5.82 Å². The number of carboxylic acids is 1. The van der Waals surface area contributed by atoms with Gasteiger partial charge in [-0.3, -0.25) is 4.79 Å². The fourth-order valence-corrected chi connectivity index (χ4v) is 3.67. The van der Waals surface area contributed by atoms with E-state index in [2.05, 4.69) is 65.4 Å². The average Bonchev–Trinajstić information content (AvgIpc) is 2.80. The van der Waals surface area contributed by atoms with Crippen molar-refractivity contribution in [2.45, 2.75) is 64.7 Å². The number of nitrogens with zero attached hydrogens (tertiary/aromatic N) is 2. The number of hydrogen-bond donors (Lipinski definition) is 1. The van der Waals surface area contributed by atoms with Crippen molar-refractivity contribution in [2.75, 3.05) is 0 Å². The minimum atomic E-state index is -0.707. The Morgan fingerprint density at radius 1 is 0.710 bits per heavy atom. The molecule has 0 radical (unpaired) electrons. The quantitative estimate of drug-likeness (QED) is 0.332. The summed E-state index contributed by atoms with van der Waals surface area (Å²) in [4.78, 5) is 19.7. The predicted molar refractivity (Wildman–Crippen MR) is 126 cm³/mol. The van der Waals surface area contributed by atoms with Crippen LogP contribution in [-0.4, -0.2) is 21.0 Å². The van der Waals surface area contributed by atoms with Crippen LogP contribution in [0.3, 0.4) is 0 Å². The SMILES string of the molecule is CCCCCc1cnc(-c2ccc(-c3ccc(CCCCCC(=O)O)cc3)cc2)nc1. The number of aromatic nitrogens is 2. The molecule has 0 fully saturated rings. The van der Waals surface area contributed by atoms with Gasteiger partial charge in [0.25, 0.3) is 0 Å². The summed E-state index contributed by atoms with van der Waals surface area (Å²) in [5, 5.41) is 8.69. The van der Waals surface area contributed by atoms with E-state index in [0.29, 0.717) is 0 Å². The second kappa shape index (κ2) is 12.0. The number of rotatable bonds is 12. The summed E-state index contributed by atoms with van der Waals surface area (Å²) < 4.78 is 0. The average molecular weight is 417 g/mol. The van der Waals surface area contributed by atoms with E-state index in [9.17, 15) is 4.79 Å². The first-order valence-corrected chi connectivity index (χ1v) is 11.4. The lowest BCUT2D eigenvalue weighted by molar-refractivity contribution is -0.137. The first kappa shape index (κ1) is 22.7. The topological polar surface area (TPSA) is 63.1 Å². The van der Waals surface area contributed by atoms with Crippen molar-refractivity contribution in [1.82, 2.24) is 9.97 Å². The summed E-state index contributed by atoms with van der Waals surface area (Å²) in [7, 11) is 0. The smallest absolute Gasteiger partial charge is 0.303 e. The first-order chi connectivity index (χ1) is 15.2. The number of carbonyl (C=O) groups is 1. The molecule has 0 aliphatic rings. The van der Waals surface area contributed by atoms with Crippen molar-refractivity contribution in [2.24, 2.45) is 0 Å². The van der Waals surface area contributed by atoms with Crippen molar-refractivity contribution < 1.29 is 9.90 Å². The number of aliphatic carboxylic acids is 1. The molecule has 0 atom stereocenters. The number of hydrogen-bond acceptors (Lipinski definition) is 3. The summed E-state index contributed by atoms with van der Waals surface area (Å²) >= 11 is 0. The van der Waals surface area contributed by atoms with Gasteiger partial charge >= 0.3 is 5.97 Å². The Balaban J connectivity index is 1.54. The molecule has 31 heavy (non-hydrogen) atoms. The molecule has 4 nitrogen and oxygen atoms in total. The van der Waals surface area contributed by atoms with Gasteiger partial charge in [-0.05, 0) is 54.4 Å². The Kier molecular flexibility index (Phi) is 8.77. The van der Waals surface area contributed by atoms with E-state index in [1.807, 2.05) is 12.4 Å². The van der Waals surface area contributed by atoms with Gasteiger partial charge in [-0.1, -0.05) is 74.7 Å². The van der Waals surface area contributed by atoms with Crippen LogP contribution in [0.1, 0.15) is 63.0 Å². The van der Waals surface area contributed by atoms with Gasteiger partial charge in [-0.2, -0.15) is 0 Å². The molecule has 4 heteroatoms. The van der Waals surface area contributed by atoms with Crippen LogP contribution in [-0.2, 0) is 17.6 Å². The molecular weight excluding hydrogens is 384 g/mol. The van der Waals surface area contributed by atoms with Crippen LogP contribution in [0.15, 0.2) is 60.9 Å². The zero-order valence-corrected chi connectivity index (χ0v) is 18.4. The highest BCUT2D eigenvalue weighted by molar-refractivity contribution is 5.68. The molecule has 2 aromatic carbocycles. The van der Waals surface area contributed by atoms with Crippen molar-refractivity contribution in [3.8, 4) is 22.5 Å². The molecule has 0 unspecified atom stereocenters. The zero-order chi connectivity index (χ0) is 21.9. The van der Waals surface area contributed by atoms with Crippen molar-refractivity contribution in [3.05, 3.63) is 72.1 Å². The lowest BCUT2D eigenvalue weighted by Gasteiger charge is -2.07. The number of benzene rings is 2. The fraction of sp³-hybridized carbons (Fsp3) is 0.370. The van der Waals surface area contributed by atoms with Gasteiger partial charge < -0.3 is 5.11 Å².